The van der Waals surface area contributed by atoms with Crippen molar-refractivity contribution in [2.24, 2.45) is 4.99 Å². The summed E-state index contributed by atoms with van der Waals surface area (Å²) in [5, 5.41) is 6.91. The minimum atomic E-state index is 0.871. The molecule has 0 unspecified atom stereocenters. The summed E-state index contributed by atoms with van der Waals surface area (Å²) in [5.74, 6) is 0.871. The van der Waals surface area contributed by atoms with Gasteiger partial charge in [0.15, 0.2) is 0 Å². The largest absolute Gasteiger partial charge is 0.361 e. The van der Waals surface area contributed by atoms with Crippen molar-refractivity contribution < 1.29 is 0 Å². The number of rotatable bonds is 3. The Balaban J connectivity index is 1.34. The molecule has 0 amide bonds. The number of aromatic amines is 3. The van der Waals surface area contributed by atoms with Crippen LogP contribution in [-0.2, 0) is 0 Å². The van der Waals surface area contributed by atoms with Crippen molar-refractivity contribution in [1.82, 2.24) is 19.9 Å². The molecule has 0 aliphatic heterocycles. The van der Waals surface area contributed by atoms with Gasteiger partial charge in [-0.2, -0.15) is 0 Å². The number of para-hydroxylation sites is 1. The molecule has 5 nitrogen and oxygen atoms in total. The molecule has 3 heterocycles. The molecule has 186 valence electrons. The van der Waals surface area contributed by atoms with Crippen LogP contribution in [0.15, 0.2) is 101 Å². The lowest BCUT2D eigenvalue weighted by atomic mass is 9.99. The van der Waals surface area contributed by atoms with Crippen LogP contribution in [0.1, 0.15) is 11.3 Å². The van der Waals surface area contributed by atoms with E-state index in [4.69, 9.17) is 9.98 Å². The monoisotopic (exact) mass is 567 g/mol. The fourth-order valence-corrected chi connectivity index (χ4v) is 6.17. The number of aliphatic imine (C=N–C) groups is 1. The number of aryl methyl sites for hydroxylation is 1. The van der Waals surface area contributed by atoms with Crippen molar-refractivity contribution >= 4 is 82.2 Å². The standard InChI is InChI=1S/C33H22BrN5/c1-18-30(25-8-4-5-9-29(25)37-18)33-38-31-24-7-3-2-6-22(24)23-12-11-21(15-27(23)32(31)39-33)35-16-19-17-36-28-13-10-20(34)14-26(19)28/h2-17,36-37H,1H3,(H,38,39)/b35-16+. The summed E-state index contributed by atoms with van der Waals surface area (Å²) < 4.78 is 1.05. The van der Waals surface area contributed by atoms with Crippen molar-refractivity contribution in [2.75, 3.05) is 0 Å². The van der Waals surface area contributed by atoms with Crippen molar-refractivity contribution in [1.29, 1.82) is 0 Å². The predicted octanol–water partition coefficient (Wildman–Crippen LogP) is 9.32. The van der Waals surface area contributed by atoms with Gasteiger partial charge in [-0.15, -0.1) is 0 Å². The van der Waals surface area contributed by atoms with Crippen LogP contribution >= 0.6 is 15.9 Å². The van der Waals surface area contributed by atoms with Crippen LogP contribution in [0.25, 0.3) is 65.8 Å². The Morgan fingerprint density at radius 1 is 0.744 bits per heavy atom. The minimum absolute atomic E-state index is 0.871. The molecule has 0 fully saturated rings. The van der Waals surface area contributed by atoms with E-state index in [0.29, 0.717) is 0 Å². The highest BCUT2D eigenvalue weighted by Gasteiger charge is 2.18. The first-order chi connectivity index (χ1) is 19.1. The van der Waals surface area contributed by atoms with Gasteiger partial charge >= 0.3 is 0 Å². The first-order valence-electron chi connectivity index (χ1n) is 12.9. The van der Waals surface area contributed by atoms with Gasteiger partial charge in [0.25, 0.3) is 0 Å². The molecule has 0 aliphatic carbocycles. The van der Waals surface area contributed by atoms with E-state index in [-0.39, 0.29) is 0 Å². The summed E-state index contributed by atoms with van der Waals surface area (Å²) in [6.07, 6.45) is 3.93. The Morgan fingerprint density at radius 2 is 1.54 bits per heavy atom. The van der Waals surface area contributed by atoms with Gasteiger partial charge in [0.1, 0.15) is 5.82 Å². The van der Waals surface area contributed by atoms with E-state index in [2.05, 4.69) is 117 Å². The van der Waals surface area contributed by atoms with E-state index in [1.165, 1.54) is 16.2 Å². The second-order valence-electron chi connectivity index (χ2n) is 9.95. The Kier molecular flexibility index (Phi) is 4.81. The number of aromatic nitrogens is 4. The molecule has 0 spiro atoms. The topological polar surface area (TPSA) is 72.6 Å². The number of imidazole rings is 1. The van der Waals surface area contributed by atoms with Crippen LogP contribution in [0.2, 0.25) is 0 Å². The fraction of sp³-hybridized carbons (Fsp3) is 0.0303. The molecule has 0 saturated heterocycles. The maximum Gasteiger partial charge on any atom is 0.140 e. The molecular formula is C33H22BrN5. The lowest BCUT2D eigenvalue weighted by Crippen LogP contribution is -1.83. The number of halogens is 1. The lowest BCUT2D eigenvalue weighted by Gasteiger charge is -2.07. The maximum absolute atomic E-state index is 5.18. The number of hydrogen-bond donors (Lipinski definition) is 3. The molecule has 8 rings (SSSR count). The van der Waals surface area contributed by atoms with E-state index >= 15 is 0 Å². The molecule has 39 heavy (non-hydrogen) atoms. The van der Waals surface area contributed by atoms with Crippen LogP contribution in [-0.4, -0.2) is 26.2 Å². The summed E-state index contributed by atoms with van der Waals surface area (Å²) in [6.45, 7) is 2.11. The van der Waals surface area contributed by atoms with Gasteiger partial charge in [-0.3, -0.25) is 4.99 Å². The highest BCUT2D eigenvalue weighted by Crippen LogP contribution is 2.39. The molecule has 0 aliphatic rings. The van der Waals surface area contributed by atoms with Crippen LogP contribution in [0.5, 0.6) is 0 Å². The maximum atomic E-state index is 5.18. The molecule has 8 aromatic rings. The molecule has 3 aromatic heterocycles. The first-order valence-corrected chi connectivity index (χ1v) is 13.7. The molecular weight excluding hydrogens is 546 g/mol. The number of nitrogens with one attached hydrogen (secondary N) is 3. The van der Waals surface area contributed by atoms with Gasteiger partial charge in [-0.25, -0.2) is 4.98 Å². The smallest absolute Gasteiger partial charge is 0.140 e. The summed E-state index contributed by atoms with van der Waals surface area (Å²) in [5.41, 5.74) is 8.34. The van der Waals surface area contributed by atoms with Gasteiger partial charge in [-0.1, -0.05) is 64.5 Å². The number of fused-ring (bicyclic) bond motifs is 8. The van der Waals surface area contributed by atoms with Crippen LogP contribution < -0.4 is 0 Å². The number of nitrogens with zero attached hydrogens (tertiary/aromatic N) is 2. The van der Waals surface area contributed by atoms with E-state index < -0.39 is 0 Å². The number of benzene rings is 5. The first kappa shape index (κ1) is 22.3. The SMILES string of the molecule is Cc1[nH]c2ccccc2c1-c1nc2c3ccccc3c3ccc(/N=C/c4c[nH]c5ccc(Br)cc45)cc3c2[nH]1. The van der Waals surface area contributed by atoms with Gasteiger partial charge < -0.3 is 15.0 Å². The van der Waals surface area contributed by atoms with Gasteiger partial charge in [0, 0.05) is 66.3 Å². The normalized spacial score (nSPS) is 12.3. The van der Waals surface area contributed by atoms with Crippen LogP contribution in [0.3, 0.4) is 0 Å². The average molecular weight is 568 g/mol. The molecule has 0 atom stereocenters. The lowest BCUT2D eigenvalue weighted by molar-refractivity contribution is 1.26. The molecule has 0 saturated carbocycles. The fourth-order valence-electron chi connectivity index (χ4n) is 5.81. The third-order valence-corrected chi connectivity index (χ3v) is 8.10. The minimum Gasteiger partial charge on any atom is -0.361 e. The van der Waals surface area contributed by atoms with Gasteiger partial charge in [-0.05, 0) is 54.1 Å². The van der Waals surface area contributed by atoms with Gasteiger partial charge in [0.2, 0.25) is 0 Å². The third-order valence-electron chi connectivity index (χ3n) is 7.61. The Hall–Kier alpha value is -4.68. The van der Waals surface area contributed by atoms with E-state index in [0.717, 1.165) is 71.0 Å². The molecule has 6 heteroatoms. The van der Waals surface area contributed by atoms with Crippen molar-refractivity contribution in [2.45, 2.75) is 6.92 Å². The second kappa shape index (κ2) is 8.41. The zero-order valence-corrected chi connectivity index (χ0v) is 22.6. The zero-order chi connectivity index (χ0) is 26.1. The Morgan fingerprint density at radius 3 is 2.44 bits per heavy atom. The second-order valence-corrected chi connectivity index (χ2v) is 10.9. The van der Waals surface area contributed by atoms with E-state index in [1.807, 2.05) is 18.5 Å². The summed E-state index contributed by atoms with van der Waals surface area (Å²) in [6, 6.07) is 29.5. The van der Waals surface area contributed by atoms with E-state index in [9.17, 15) is 0 Å². The summed E-state index contributed by atoms with van der Waals surface area (Å²) in [4.78, 5) is 20.6. The van der Waals surface area contributed by atoms with Crippen LogP contribution in [0, 0.1) is 6.92 Å². The number of hydrogen-bond acceptors (Lipinski definition) is 2. The molecule has 5 aromatic carbocycles. The Labute approximate surface area is 231 Å². The van der Waals surface area contributed by atoms with Crippen molar-refractivity contribution in [3.63, 3.8) is 0 Å². The molecule has 0 radical (unpaired) electrons. The quantitative estimate of drug-likeness (QED) is 0.144. The zero-order valence-electron chi connectivity index (χ0n) is 21.0. The summed E-state index contributed by atoms with van der Waals surface area (Å²) in [7, 11) is 0. The predicted molar refractivity (Wildman–Crippen MR) is 166 cm³/mol. The summed E-state index contributed by atoms with van der Waals surface area (Å²) >= 11 is 3.58. The molecule has 3 N–H and O–H groups in total. The highest BCUT2D eigenvalue weighted by atomic mass is 79.9. The number of H-pyrrole nitrogens is 3. The van der Waals surface area contributed by atoms with Gasteiger partial charge in [0.05, 0.1) is 16.7 Å². The molecule has 0 bridgehead atoms. The van der Waals surface area contributed by atoms with Crippen LogP contribution in [0.4, 0.5) is 5.69 Å². The van der Waals surface area contributed by atoms with Crippen molar-refractivity contribution in [3.05, 3.63) is 107 Å². The Bertz CT molecular complexity index is 2260. The third kappa shape index (κ3) is 3.45. The average Bonchev–Trinajstić information content (AvgIpc) is 3.66. The van der Waals surface area contributed by atoms with Crippen molar-refractivity contribution in [3.8, 4) is 11.4 Å². The highest BCUT2D eigenvalue weighted by molar-refractivity contribution is 9.10. The van der Waals surface area contributed by atoms with E-state index in [1.54, 1.807) is 0 Å².